The first-order valence-corrected chi connectivity index (χ1v) is 10.1. The molecule has 2 aliphatic rings. The Morgan fingerprint density at radius 1 is 1.23 bits per heavy atom. The highest BCUT2D eigenvalue weighted by molar-refractivity contribution is 14.0. The van der Waals surface area contributed by atoms with E-state index in [1.807, 2.05) is 7.05 Å². The summed E-state index contributed by atoms with van der Waals surface area (Å²) in [6.45, 7) is 11.3. The lowest BCUT2D eigenvalue weighted by molar-refractivity contribution is 0.0888. The maximum absolute atomic E-state index is 5.72. The Morgan fingerprint density at radius 2 is 2.04 bits per heavy atom. The van der Waals surface area contributed by atoms with Crippen molar-refractivity contribution < 1.29 is 9.47 Å². The fourth-order valence-corrected chi connectivity index (χ4v) is 3.57. The van der Waals surface area contributed by atoms with Crippen molar-refractivity contribution >= 4 is 29.9 Å². The van der Waals surface area contributed by atoms with Gasteiger partial charge < -0.3 is 25.0 Å². The van der Waals surface area contributed by atoms with E-state index in [0.717, 1.165) is 64.2 Å². The number of piperidine rings is 1. The molecule has 0 aliphatic carbocycles. The molecule has 0 bridgehead atoms. The number of likely N-dealkylation sites (tertiary alicyclic amines) is 1. The van der Waals surface area contributed by atoms with Crippen molar-refractivity contribution in [3.8, 4) is 0 Å². The van der Waals surface area contributed by atoms with Gasteiger partial charge in [0.15, 0.2) is 5.96 Å². The van der Waals surface area contributed by atoms with Crippen molar-refractivity contribution in [3.63, 3.8) is 0 Å². The van der Waals surface area contributed by atoms with Crippen LogP contribution >= 0.6 is 24.0 Å². The Balaban J connectivity index is 0.00000338. The average Bonchev–Trinajstić information content (AvgIpc) is 3.13. The summed E-state index contributed by atoms with van der Waals surface area (Å²) in [7, 11) is 1.83. The quantitative estimate of drug-likeness (QED) is 0.217. The van der Waals surface area contributed by atoms with Gasteiger partial charge in [-0.25, -0.2) is 0 Å². The summed E-state index contributed by atoms with van der Waals surface area (Å²) in [6, 6.07) is 0. The number of ether oxygens (including phenoxy) is 2. The summed E-state index contributed by atoms with van der Waals surface area (Å²) in [5.41, 5.74) is 0. The van der Waals surface area contributed by atoms with Crippen LogP contribution in [0.5, 0.6) is 0 Å². The number of guanidine groups is 1. The molecule has 0 spiro atoms. The standard InChI is InChI=1S/C19H38N4O2.HI/c1-17-6-3-10-23(14-17)11-4-8-21-19(20-2)22-9-5-12-24-15-18-7-13-25-16-18;/h17-18H,3-16H2,1-2H3,(H2,20,21,22);1H. The summed E-state index contributed by atoms with van der Waals surface area (Å²) < 4.78 is 11.1. The zero-order chi connectivity index (χ0) is 17.7. The number of hydrogen-bond donors (Lipinski definition) is 2. The minimum Gasteiger partial charge on any atom is -0.381 e. The summed E-state index contributed by atoms with van der Waals surface area (Å²) in [6.07, 6.45) is 6.06. The molecule has 0 amide bonds. The van der Waals surface area contributed by atoms with Crippen LogP contribution in [0.2, 0.25) is 0 Å². The van der Waals surface area contributed by atoms with Gasteiger partial charge in [-0.05, 0) is 51.1 Å². The molecule has 2 N–H and O–H groups in total. The second-order valence-corrected chi connectivity index (χ2v) is 7.49. The Bertz CT molecular complexity index is 379. The molecule has 6 nitrogen and oxygen atoms in total. The highest BCUT2D eigenvalue weighted by Gasteiger charge is 2.16. The van der Waals surface area contributed by atoms with Crippen LogP contribution in [-0.4, -0.2) is 77.1 Å². The molecule has 2 unspecified atom stereocenters. The minimum absolute atomic E-state index is 0. The first-order valence-electron chi connectivity index (χ1n) is 10.1. The third-order valence-electron chi connectivity index (χ3n) is 5.04. The molecule has 2 rings (SSSR count). The predicted molar refractivity (Wildman–Crippen MR) is 119 cm³/mol. The number of nitrogens with zero attached hydrogens (tertiary/aromatic N) is 2. The molecule has 7 heteroatoms. The van der Waals surface area contributed by atoms with Crippen LogP contribution < -0.4 is 10.6 Å². The van der Waals surface area contributed by atoms with Crippen molar-refractivity contribution in [1.29, 1.82) is 0 Å². The lowest BCUT2D eigenvalue weighted by Crippen LogP contribution is -2.40. The fraction of sp³-hybridized carbons (Fsp3) is 0.947. The van der Waals surface area contributed by atoms with Crippen molar-refractivity contribution in [1.82, 2.24) is 15.5 Å². The van der Waals surface area contributed by atoms with E-state index < -0.39 is 0 Å². The number of aliphatic imine (C=N–C) groups is 1. The van der Waals surface area contributed by atoms with Gasteiger partial charge in [0.05, 0.1) is 13.2 Å². The Labute approximate surface area is 176 Å². The van der Waals surface area contributed by atoms with Gasteiger partial charge in [0.2, 0.25) is 0 Å². The van der Waals surface area contributed by atoms with Gasteiger partial charge in [0.1, 0.15) is 0 Å². The van der Waals surface area contributed by atoms with Crippen LogP contribution in [0, 0.1) is 11.8 Å². The topological polar surface area (TPSA) is 58.1 Å². The average molecular weight is 482 g/mol. The molecule has 0 saturated carbocycles. The lowest BCUT2D eigenvalue weighted by Gasteiger charge is -2.30. The van der Waals surface area contributed by atoms with Gasteiger partial charge in [-0.3, -0.25) is 4.99 Å². The number of nitrogens with one attached hydrogen (secondary N) is 2. The Morgan fingerprint density at radius 3 is 2.73 bits per heavy atom. The molecule has 154 valence electrons. The van der Waals surface area contributed by atoms with E-state index in [1.54, 1.807) is 0 Å². The van der Waals surface area contributed by atoms with Crippen LogP contribution in [0.25, 0.3) is 0 Å². The Kier molecular flexibility index (Phi) is 13.7. The minimum atomic E-state index is 0. The molecule has 0 aromatic rings. The van der Waals surface area contributed by atoms with Crippen molar-refractivity contribution in [2.75, 3.05) is 66.2 Å². The van der Waals surface area contributed by atoms with Crippen LogP contribution in [0.3, 0.4) is 0 Å². The van der Waals surface area contributed by atoms with Crippen molar-refractivity contribution in [2.24, 2.45) is 16.8 Å². The molecule has 26 heavy (non-hydrogen) atoms. The zero-order valence-electron chi connectivity index (χ0n) is 16.7. The van der Waals surface area contributed by atoms with E-state index in [0.29, 0.717) is 5.92 Å². The zero-order valence-corrected chi connectivity index (χ0v) is 19.0. The van der Waals surface area contributed by atoms with E-state index in [-0.39, 0.29) is 24.0 Å². The maximum Gasteiger partial charge on any atom is 0.190 e. The number of halogens is 1. The maximum atomic E-state index is 5.72. The van der Waals surface area contributed by atoms with Gasteiger partial charge >= 0.3 is 0 Å². The van der Waals surface area contributed by atoms with Gasteiger partial charge in [-0.1, -0.05) is 6.92 Å². The Hall–Kier alpha value is -0.120. The summed E-state index contributed by atoms with van der Waals surface area (Å²) in [4.78, 5) is 6.88. The van der Waals surface area contributed by atoms with Crippen LogP contribution in [0.4, 0.5) is 0 Å². The lowest BCUT2D eigenvalue weighted by atomic mass is 10.0. The SMILES string of the molecule is CN=C(NCCCOCC1CCOC1)NCCCN1CCCC(C)C1.I. The largest absolute Gasteiger partial charge is 0.381 e. The number of hydrogen-bond acceptors (Lipinski definition) is 4. The van der Waals surface area contributed by atoms with Gasteiger partial charge in [0.25, 0.3) is 0 Å². The summed E-state index contributed by atoms with van der Waals surface area (Å²) in [5.74, 6) is 2.36. The molecule has 2 heterocycles. The fourth-order valence-electron chi connectivity index (χ4n) is 3.57. The van der Waals surface area contributed by atoms with E-state index >= 15 is 0 Å². The smallest absolute Gasteiger partial charge is 0.190 e. The van der Waals surface area contributed by atoms with Crippen molar-refractivity contribution in [3.05, 3.63) is 0 Å². The first-order chi connectivity index (χ1) is 12.3. The molecule has 0 aromatic carbocycles. The molecule has 2 saturated heterocycles. The molecular formula is C19H39IN4O2. The van der Waals surface area contributed by atoms with Crippen LogP contribution in [0.1, 0.15) is 39.0 Å². The normalized spacial score (nSPS) is 24.3. The van der Waals surface area contributed by atoms with Gasteiger partial charge in [0, 0.05) is 45.8 Å². The predicted octanol–water partition coefficient (Wildman–Crippen LogP) is 2.33. The summed E-state index contributed by atoms with van der Waals surface area (Å²) >= 11 is 0. The molecule has 2 atom stereocenters. The van der Waals surface area contributed by atoms with Gasteiger partial charge in [-0.15, -0.1) is 24.0 Å². The van der Waals surface area contributed by atoms with Gasteiger partial charge in [-0.2, -0.15) is 0 Å². The highest BCUT2D eigenvalue weighted by Crippen LogP contribution is 2.15. The second kappa shape index (κ2) is 14.9. The van der Waals surface area contributed by atoms with Crippen molar-refractivity contribution in [2.45, 2.75) is 39.0 Å². The van der Waals surface area contributed by atoms with E-state index in [1.165, 1.54) is 38.9 Å². The van der Waals surface area contributed by atoms with E-state index in [9.17, 15) is 0 Å². The first kappa shape index (κ1) is 23.9. The monoisotopic (exact) mass is 482 g/mol. The third kappa shape index (κ3) is 10.3. The van der Waals surface area contributed by atoms with E-state index in [2.05, 4.69) is 27.4 Å². The van der Waals surface area contributed by atoms with E-state index in [4.69, 9.17) is 9.47 Å². The molecule has 0 aromatic heterocycles. The molecule has 2 aliphatic heterocycles. The molecule has 2 fully saturated rings. The third-order valence-corrected chi connectivity index (χ3v) is 5.04. The highest BCUT2D eigenvalue weighted by atomic mass is 127. The number of rotatable bonds is 10. The molecule has 0 radical (unpaired) electrons. The summed E-state index contributed by atoms with van der Waals surface area (Å²) in [5, 5.41) is 6.77. The second-order valence-electron chi connectivity index (χ2n) is 7.49. The molecular weight excluding hydrogens is 443 g/mol. The van der Waals surface area contributed by atoms with Crippen LogP contribution in [0.15, 0.2) is 4.99 Å². The van der Waals surface area contributed by atoms with Crippen LogP contribution in [-0.2, 0) is 9.47 Å².